The van der Waals surface area contributed by atoms with Gasteiger partial charge in [-0.2, -0.15) is 11.8 Å². The fraction of sp³-hybridized carbons (Fsp3) is 1.00. The second-order valence-corrected chi connectivity index (χ2v) is 6.38. The van der Waals surface area contributed by atoms with E-state index in [1.807, 2.05) is 18.7 Å². The lowest BCUT2D eigenvalue weighted by atomic mass is 10.3. The molecule has 0 amide bonds. The monoisotopic (exact) mass is 240 g/mol. The van der Waals surface area contributed by atoms with Gasteiger partial charge in [-0.1, -0.05) is 6.92 Å². The van der Waals surface area contributed by atoms with Crippen LogP contribution >= 0.6 is 11.8 Å². The molecule has 0 bridgehead atoms. The van der Waals surface area contributed by atoms with Gasteiger partial charge in [0.05, 0.1) is 5.75 Å². The molecule has 0 radical (unpaired) electrons. The summed E-state index contributed by atoms with van der Waals surface area (Å²) >= 11 is 1.82. The topological polar surface area (TPSA) is 72.2 Å². The van der Waals surface area contributed by atoms with Gasteiger partial charge in [0.25, 0.3) is 0 Å². The molecule has 6 heteroatoms. The number of nitrogens with two attached hydrogens (primary N) is 1. The van der Waals surface area contributed by atoms with Crippen LogP contribution in [-0.4, -0.2) is 38.3 Å². The lowest BCUT2D eigenvalue weighted by molar-refractivity contribution is 0.557. The Bertz CT molecular complexity index is 229. The first kappa shape index (κ1) is 14.2. The number of sulfonamides is 1. The largest absolute Gasteiger partial charge is 0.329 e. The van der Waals surface area contributed by atoms with Crippen molar-refractivity contribution in [2.75, 3.05) is 23.8 Å². The first-order chi connectivity index (χ1) is 6.52. The lowest BCUT2D eigenvalue weighted by Gasteiger charge is -2.13. The Kier molecular flexibility index (Phi) is 7.62. The first-order valence-corrected chi connectivity index (χ1v) is 7.60. The Morgan fingerprint density at radius 1 is 1.50 bits per heavy atom. The van der Waals surface area contributed by atoms with Crippen molar-refractivity contribution in [2.24, 2.45) is 5.73 Å². The van der Waals surface area contributed by atoms with Crippen molar-refractivity contribution < 1.29 is 8.42 Å². The fourth-order valence-electron chi connectivity index (χ4n) is 0.984. The third kappa shape index (κ3) is 7.61. The van der Waals surface area contributed by atoms with Crippen LogP contribution in [0.15, 0.2) is 0 Å². The van der Waals surface area contributed by atoms with Gasteiger partial charge in [0.1, 0.15) is 0 Å². The summed E-state index contributed by atoms with van der Waals surface area (Å²) in [6.45, 7) is 4.14. The number of hydrogen-bond acceptors (Lipinski definition) is 4. The molecule has 0 saturated carbocycles. The van der Waals surface area contributed by atoms with Gasteiger partial charge in [0.2, 0.25) is 10.0 Å². The molecule has 0 aromatic carbocycles. The number of rotatable bonds is 8. The van der Waals surface area contributed by atoms with Crippen molar-refractivity contribution in [3.63, 3.8) is 0 Å². The van der Waals surface area contributed by atoms with E-state index < -0.39 is 10.0 Å². The van der Waals surface area contributed by atoms with E-state index in [-0.39, 0.29) is 18.3 Å². The van der Waals surface area contributed by atoms with Gasteiger partial charge in [0, 0.05) is 12.6 Å². The Morgan fingerprint density at radius 2 is 2.14 bits per heavy atom. The van der Waals surface area contributed by atoms with Gasteiger partial charge in [-0.05, 0) is 24.9 Å². The minimum absolute atomic E-state index is 0.00519. The smallest absolute Gasteiger partial charge is 0.213 e. The van der Waals surface area contributed by atoms with Gasteiger partial charge in [-0.25, -0.2) is 13.1 Å². The van der Waals surface area contributed by atoms with Crippen LogP contribution in [0, 0.1) is 0 Å². The van der Waals surface area contributed by atoms with Crippen LogP contribution in [0.4, 0.5) is 0 Å². The van der Waals surface area contributed by atoms with Crippen LogP contribution in [-0.2, 0) is 10.0 Å². The third-order valence-electron chi connectivity index (χ3n) is 1.67. The van der Waals surface area contributed by atoms with Crippen LogP contribution in [0.3, 0.4) is 0 Å². The predicted molar refractivity (Wildman–Crippen MR) is 63.1 cm³/mol. The number of nitrogens with one attached hydrogen (secondary N) is 1. The Morgan fingerprint density at radius 3 is 2.64 bits per heavy atom. The van der Waals surface area contributed by atoms with Gasteiger partial charge in [-0.3, -0.25) is 0 Å². The van der Waals surface area contributed by atoms with Crippen molar-refractivity contribution in [1.82, 2.24) is 4.72 Å². The normalized spacial score (nSPS) is 14.2. The molecule has 14 heavy (non-hydrogen) atoms. The SMILES string of the molecule is CCSCCC(C)NS(=O)(=O)CCN. The third-order valence-corrected chi connectivity index (χ3v) is 4.13. The van der Waals surface area contributed by atoms with E-state index >= 15 is 0 Å². The highest BCUT2D eigenvalue weighted by Crippen LogP contribution is 2.04. The van der Waals surface area contributed by atoms with Crippen molar-refractivity contribution >= 4 is 21.8 Å². The molecule has 0 heterocycles. The second kappa shape index (κ2) is 7.50. The molecule has 1 unspecified atom stereocenters. The lowest BCUT2D eigenvalue weighted by Crippen LogP contribution is -2.36. The molecule has 0 aliphatic carbocycles. The fourth-order valence-corrected chi connectivity index (χ4v) is 2.95. The summed E-state index contributed by atoms with van der Waals surface area (Å²) in [6, 6.07) is 0.00519. The zero-order chi connectivity index (χ0) is 11.0. The molecule has 0 aliphatic rings. The molecule has 4 nitrogen and oxygen atoms in total. The molecule has 0 spiro atoms. The van der Waals surface area contributed by atoms with E-state index in [1.54, 1.807) is 0 Å². The molecule has 0 aliphatic heterocycles. The summed E-state index contributed by atoms with van der Waals surface area (Å²) in [4.78, 5) is 0. The maximum absolute atomic E-state index is 11.3. The average molecular weight is 240 g/mol. The van der Waals surface area contributed by atoms with Crippen molar-refractivity contribution in [3.05, 3.63) is 0 Å². The van der Waals surface area contributed by atoms with Crippen LogP contribution in [0.25, 0.3) is 0 Å². The molecule has 86 valence electrons. The highest BCUT2D eigenvalue weighted by Gasteiger charge is 2.12. The maximum atomic E-state index is 11.3. The van der Waals surface area contributed by atoms with Crippen molar-refractivity contribution in [2.45, 2.75) is 26.3 Å². The average Bonchev–Trinajstić information content (AvgIpc) is 2.03. The van der Waals surface area contributed by atoms with Crippen LogP contribution in [0.5, 0.6) is 0 Å². The molecular formula is C8H20N2O2S2. The van der Waals surface area contributed by atoms with E-state index in [0.29, 0.717) is 0 Å². The van der Waals surface area contributed by atoms with E-state index in [0.717, 1.165) is 17.9 Å². The summed E-state index contributed by atoms with van der Waals surface area (Å²) in [6.07, 6.45) is 0.863. The standard InChI is InChI=1S/C8H20N2O2S2/c1-3-13-6-4-8(2)10-14(11,12)7-5-9/h8,10H,3-7,9H2,1-2H3. The minimum atomic E-state index is -3.15. The highest BCUT2D eigenvalue weighted by atomic mass is 32.2. The molecular weight excluding hydrogens is 220 g/mol. The minimum Gasteiger partial charge on any atom is -0.329 e. The van der Waals surface area contributed by atoms with Gasteiger partial charge in [0.15, 0.2) is 0 Å². The molecule has 0 saturated heterocycles. The molecule has 1 atom stereocenters. The predicted octanol–water partition coefficient (Wildman–Crippen LogP) is 0.396. The van der Waals surface area contributed by atoms with E-state index in [9.17, 15) is 8.42 Å². The van der Waals surface area contributed by atoms with Gasteiger partial charge < -0.3 is 5.73 Å². The first-order valence-electron chi connectivity index (χ1n) is 4.79. The number of hydrogen-bond donors (Lipinski definition) is 2. The summed E-state index contributed by atoms with van der Waals surface area (Å²) < 4.78 is 25.1. The zero-order valence-electron chi connectivity index (χ0n) is 8.82. The Hall–Kier alpha value is 0.220. The van der Waals surface area contributed by atoms with Crippen LogP contribution in [0.2, 0.25) is 0 Å². The zero-order valence-corrected chi connectivity index (χ0v) is 10.5. The quantitative estimate of drug-likeness (QED) is 0.602. The van der Waals surface area contributed by atoms with Crippen LogP contribution in [0.1, 0.15) is 20.3 Å². The highest BCUT2D eigenvalue weighted by molar-refractivity contribution is 7.99. The van der Waals surface area contributed by atoms with E-state index in [4.69, 9.17) is 5.73 Å². The summed E-state index contributed by atoms with van der Waals surface area (Å²) in [5, 5.41) is 0. The van der Waals surface area contributed by atoms with Crippen LogP contribution < -0.4 is 10.5 Å². The molecule has 0 rings (SSSR count). The summed E-state index contributed by atoms with van der Waals surface area (Å²) in [7, 11) is -3.15. The maximum Gasteiger partial charge on any atom is 0.213 e. The molecule has 0 fully saturated rings. The van der Waals surface area contributed by atoms with E-state index in [1.165, 1.54) is 0 Å². The molecule has 0 aromatic rings. The Labute approximate surface area is 91.1 Å². The van der Waals surface area contributed by atoms with E-state index in [2.05, 4.69) is 11.6 Å². The summed E-state index contributed by atoms with van der Waals surface area (Å²) in [5.74, 6) is 2.07. The van der Waals surface area contributed by atoms with Gasteiger partial charge in [-0.15, -0.1) is 0 Å². The number of thioether (sulfide) groups is 1. The van der Waals surface area contributed by atoms with Crippen molar-refractivity contribution in [1.29, 1.82) is 0 Å². The van der Waals surface area contributed by atoms with Gasteiger partial charge >= 0.3 is 0 Å². The summed E-state index contributed by atoms with van der Waals surface area (Å²) in [5.41, 5.74) is 5.19. The molecule has 0 aromatic heterocycles. The second-order valence-electron chi connectivity index (χ2n) is 3.11. The molecule has 3 N–H and O–H groups in total. The Balaban J connectivity index is 3.75. The van der Waals surface area contributed by atoms with Crippen molar-refractivity contribution in [3.8, 4) is 0 Å².